The highest BCUT2D eigenvalue weighted by molar-refractivity contribution is 6.36. The summed E-state index contributed by atoms with van der Waals surface area (Å²) >= 11 is 12.5. The maximum absolute atomic E-state index is 8.89. The lowest BCUT2D eigenvalue weighted by molar-refractivity contribution is 0.416. The van der Waals surface area contributed by atoms with Gasteiger partial charge >= 0.3 is 0 Å². The highest BCUT2D eigenvalue weighted by Crippen LogP contribution is 2.33. The van der Waals surface area contributed by atoms with Crippen molar-refractivity contribution in [3.05, 3.63) is 82.5 Å². The standard InChI is InChI=1S/C25H20Cl2N6O/c1-34-22-5-3-2-4-19(22)21-13-24(30-11-10-29-23-9-6-16(14-28)15-31-23)33-25(32-21)18-8-7-17(26)12-20(18)27/h2-9,12-13,15H,10-11H2,1H3,(H,29,31)(H,30,32,33). The van der Waals surface area contributed by atoms with Gasteiger partial charge in [0.15, 0.2) is 5.82 Å². The number of para-hydroxylation sites is 1. The Morgan fingerprint density at radius 3 is 2.41 bits per heavy atom. The first-order valence-electron chi connectivity index (χ1n) is 10.4. The van der Waals surface area contributed by atoms with E-state index in [1.807, 2.05) is 30.3 Å². The van der Waals surface area contributed by atoms with Crippen LogP contribution in [0.3, 0.4) is 0 Å². The van der Waals surface area contributed by atoms with E-state index in [1.54, 1.807) is 37.4 Å². The molecule has 9 heteroatoms. The molecule has 0 radical (unpaired) electrons. The zero-order valence-corrected chi connectivity index (χ0v) is 19.7. The fraction of sp³-hybridized carbons (Fsp3) is 0.120. The van der Waals surface area contributed by atoms with Crippen molar-refractivity contribution in [1.29, 1.82) is 5.26 Å². The fourth-order valence-electron chi connectivity index (χ4n) is 3.27. The third kappa shape index (κ3) is 5.54. The second-order valence-corrected chi connectivity index (χ2v) is 8.03. The Labute approximate surface area is 207 Å². The molecule has 7 nitrogen and oxygen atoms in total. The summed E-state index contributed by atoms with van der Waals surface area (Å²) in [5.41, 5.74) is 2.71. The van der Waals surface area contributed by atoms with Gasteiger partial charge in [-0.1, -0.05) is 35.3 Å². The van der Waals surface area contributed by atoms with Gasteiger partial charge in [0, 0.05) is 41.5 Å². The molecule has 0 aliphatic heterocycles. The lowest BCUT2D eigenvalue weighted by atomic mass is 10.1. The molecule has 0 saturated carbocycles. The summed E-state index contributed by atoms with van der Waals surface area (Å²) < 4.78 is 5.53. The number of rotatable bonds is 8. The van der Waals surface area contributed by atoms with Gasteiger partial charge in [-0.15, -0.1) is 0 Å². The van der Waals surface area contributed by atoms with Crippen molar-refractivity contribution >= 4 is 34.8 Å². The third-order valence-electron chi connectivity index (χ3n) is 4.91. The van der Waals surface area contributed by atoms with Gasteiger partial charge in [0.2, 0.25) is 0 Å². The van der Waals surface area contributed by atoms with Crippen molar-refractivity contribution in [2.24, 2.45) is 0 Å². The van der Waals surface area contributed by atoms with Crippen molar-refractivity contribution < 1.29 is 4.74 Å². The van der Waals surface area contributed by atoms with Crippen molar-refractivity contribution in [1.82, 2.24) is 15.0 Å². The molecule has 0 aliphatic rings. The molecule has 0 aliphatic carbocycles. The van der Waals surface area contributed by atoms with Gasteiger partial charge in [0.05, 0.1) is 23.4 Å². The molecule has 0 bridgehead atoms. The maximum atomic E-state index is 8.89. The molecule has 2 aromatic heterocycles. The third-order valence-corrected chi connectivity index (χ3v) is 5.46. The van der Waals surface area contributed by atoms with Crippen molar-refractivity contribution in [3.63, 3.8) is 0 Å². The molecule has 170 valence electrons. The van der Waals surface area contributed by atoms with E-state index in [1.165, 1.54) is 6.20 Å². The van der Waals surface area contributed by atoms with E-state index >= 15 is 0 Å². The molecule has 2 N–H and O–H groups in total. The topological polar surface area (TPSA) is 95.8 Å². The number of hydrogen-bond donors (Lipinski definition) is 2. The van der Waals surface area contributed by atoms with Crippen LogP contribution >= 0.6 is 23.2 Å². The van der Waals surface area contributed by atoms with Gasteiger partial charge in [0.1, 0.15) is 23.5 Å². The van der Waals surface area contributed by atoms with Crippen LogP contribution in [-0.4, -0.2) is 35.2 Å². The first kappa shape index (κ1) is 23.3. The molecular weight excluding hydrogens is 471 g/mol. The van der Waals surface area contributed by atoms with Crippen LogP contribution in [0.15, 0.2) is 66.9 Å². The summed E-state index contributed by atoms with van der Waals surface area (Å²) in [6.07, 6.45) is 1.53. The summed E-state index contributed by atoms with van der Waals surface area (Å²) in [5, 5.41) is 16.4. The average molecular weight is 491 g/mol. The van der Waals surface area contributed by atoms with Crippen LogP contribution in [0.5, 0.6) is 5.75 Å². The van der Waals surface area contributed by atoms with Crippen molar-refractivity contribution in [2.45, 2.75) is 0 Å². The Balaban J connectivity index is 1.59. The largest absolute Gasteiger partial charge is 0.496 e. The minimum absolute atomic E-state index is 0.462. The summed E-state index contributed by atoms with van der Waals surface area (Å²) in [4.78, 5) is 13.6. The number of anilines is 2. The molecule has 0 amide bonds. The zero-order valence-electron chi connectivity index (χ0n) is 18.2. The minimum atomic E-state index is 0.462. The van der Waals surface area contributed by atoms with Crippen LogP contribution in [0.1, 0.15) is 5.56 Å². The Hall–Kier alpha value is -3.86. The van der Waals surface area contributed by atoms with E-state index < -0.39 is 0 Å². The second kappa shape index (κ2) is 10.8. The number of ether oxygens (including phenoxy) is 1. The van der Waals surface area contributed by atoms with E-state index in [2.05, 4.69) is 26.7 Å². The number of aromatic nitrogens is 3. The Morgan fingerprint density at radius 2 is 1.71 bits per heavy atom. The highest BCUT2D eigenvalue weighted by atomic mass is 35.5. The molecule has 34 heavy (non-hydrogen) atoms. The van der Waals surface area contributed by atoms with Gasteiger partial charge in [-0.2, -0.15) is 5.26 Å². The summed E-state index contributed by atoms with van der Waals surface area (Å²) in [7, 11) is 1.62. The minimum Gasteiger partial charge on any atom is -0.496 e. The summed E-state index contributed by atoms with van der Waals surface area (Å²) in [5.74, 6) is 2.49. The van der Waals surface area contributed by atoms with Crippen LogP contribution in [-0.2, 0) is 0 Å². The van der Waals surface area contributed by atoms with Gasteiger partial charge in [-0.3, -0.25) is 0 Å². The smallest absolute Gasteiger partial charge is 0.163 e. The lowest BCUT2D eigenvalue weighted by Crippen LogP contribution is -2.15. The Bertz CT molecular complexity index is 1340. The molecule has 0 fully saturated rings. The molecule has 0 spiro atoms. The highest BCUT2D eigenvalue weighted by Gasteiger charge is 2.14. The van der Waals surface area contributed by atoms with Crippen LogP contribution in [0, 0.1) is 11.3 Å². The average Bonchev–Trinajstić information content (AvgIpc) is 2.86. The molecule has 2 heterocycles. The molecule has 4 rings (SSSR count). The SMILES string of the molecule is COc1ccccc1-c1cc(NCCNc2ccc(C#N)cn2)nc(-c2ccc(Cl)cc2Cl)n1. The zero-order chi connectivity index (χ0) is 23.9. The van der Waals surface area contributed by atoms with E-state index in [0.717, 1.165) is 5.56 Å². The van der Waals surface area contributed by atoms with Gasteiger partial charge in [-0.05, 0) is 42.5 Å². The van der Waals surface area contributed by atoms with Crippen LogP contribution in [0.25, 0.3) is 22.6 Å². The number of nitrogens with zero attached hydrogens (tertiary/aromatic N) is 4. The number of halogens is 2. The normalized spacial score (nSPS) is 10.4. The van der Waals surface area contributed by atoms with Gasteiger partial charge in [-0.25, -0.2) is 15.0 Å². The van der Waals surface area contributed by atoms with Crippen LogP contribution in [0.4, 0.5) is 11.6 Å². The fourth-order valence-corrected chi connectivity index (χ4v) is 3.76. The van der Waals surface area contributed by atoms with E-state index in [9.17, 15) is 0 Å². The molecule has 0 unspecified atom stereocenters. The number of nitrogens with one attached hydrogen (secondary N) is 2. The molecule has 2 aromatic carbocycles. The lowest BCUT2D eigenvalue weighted by Gasteiger charge is -2.13. The molecule has 0 atom stereocenters. The quantitative estimate of drug-likeness (QED) is 0.296. The van der Waals surface area contributed by atoms with Crippen molar-refractivity contribution in [2.75, 3.05) is 30.8 Å². The molecule has 4 aromatic rings. The predicted octanol–water partition coefficient (Wildman–Crippen LogP) is 5.92. The predicted molar refractivity (Wildman–Crippen MR) is 135 cm³/mol. The van der Waals surface area contributed by atoms with E-state index in [-0.39, 0.29) is 0 Å². The number of methoxy groups -OCH3 is 1. The second-order valence-electron chi connectivity index (χ2n) is 7.18. The Morgan fingerprint density at radius 1 is 0.912 bits per heavy atom. The van der Waals surface area contributed by atoms with Gasteiger partial charge < -0.3 is 15.4 Å². The first-order valence-corrected chi connectivity index (χ1v) is 11.1. The molecule has 0 saturated heterocycles. The Kier molecular flexibility index (Phi) is 7.43. The van der Waals surface area contributed by atoms with Crippen LogP contribution < -0.4 is 15.4 Å². The number of hydrogen-bond acceptors (Lipinski definition) is 7. The summed E-state index contributed by atoms with van der Waals surface area (Å²) in [6.45, 7) is 1.15. The first-order chi connectivity index (χ1) is 16.6. The summed E-state index contributed by atoms with van der Waals surface area (Å²) in [6, 6.07) is 20.3. The van der Waals surface area contributed by atoms with E-state index in [0.29, 0.717) is 63.2 Å². The van der Waals surface area contributed by atoms with Crippen LogP contribution in [0.2, 0.25) is 10.0 Å². The van der Waals surface area contributed by atoms with E-state index in [4.69, 9.17) is 38.2 Å². The van der Waals surface area contributed by atoms with Crippen molar-refractivity contribution in [3.8, 4) is 34.5 Å². The van der Waals surface area contributed by atoms with Gasteiger partial charge in [0.25, 0.3) is 0 Å². The molecular formula is C25H20Cl2N6O. The number of nitriles is 1. The number of benzene rings is 2. The monoisotopic (exact) mass is 490 g/mol. The number of pyridine rings is 1. The maximum Gasteiger partial charge on any atom is 0.163 e.